The van der Waals surface area contributed by atoms with Gasteiger partial charge in [-0.25, -0.2) is 12.7 Å². The Morgan fingerprint density at radius 2 is 1.84 bits per heavy atom. The third-order valence-corrected chi connectivity index (χ3v) is 7.01. The molecule has 6 nitrogen and oxygen atoms in total. The minimum atomic E-state index is -3.16. The van der Waals surface area contributed by atoms with E-state index < -0.39 is 10.0 Å². The average Bonchev–Trinajstić information content (AvgIpc) is 2.61. The van der Waals surface area contributed by atoms with Gasteiger partial charge in [0.2, 0.25) is 15.9 Å². The largest absolute Gasteiger partial charge is 0.368 e. The van der Waals surface area contributed by atoms with Gasteiger partial charge in [-0.05, 0) is 37.3 Å². The number of carbonyl (C=O) groups is 1. The van der Waals surface area contributed by atoms with Crippen LogP contribution >= 0.6 is 0 Å². The van der Waals surface area contributed by atoms with Gasteiger partial charge in [-0.15, -0.1) is 0 Å². The van der Waals surface area contributed by atoms with Crippen LogP contribution in [0.15, 0.2) is 18.2 Å². The van der Waals surface area contributed by atoms with Crippen molar-refractivity contribution in [1.82, 2.24) is 4.31 Å². The first-order valence-electron chi connectivity index (χ1n) is 9.08. The number of sulfonamides is 1. The summed E-state index contributed by atoms with van der Waals surface area (Å²) in [5.74, 6) is 0.0794. The van der Waals surface area contributed by atoms with E-state index in [1.54, 1.807) is 0 Å². The van der Waals surface area contributed by atoms with E-state index in [0.29, 0.717) is 25.9 Å². The highest BCUT2D eigenvalue weighted by Crippen LogP contribution is 2.40. The lowest BCUT2D eigenvalue weighted by Gasteiger charge is -2.43. The number of nitrogens with zero attached hydrogens (tertiary/aromatic N) is 3. The molecule has 0 N–H and O–H groups in total. The molecular weight excluding hydrogens is 338 g/mol. The smallest absolute Gasteiger partial charge is 0.230 e. The maximum Gasteiger partial charge on any atom is 0.230 e. The van der Waals surface area contributed by atoms with E-state index in [1.807, 2.05) is 4.90 Å². The first kappa shape index (κ1) is 16.8. The van der Waals surface area contributed by atoms with Crippen molar-refractivity contribution in [3.05, 3.63) is 23.8 Å². The van der Waals surface area contributed by atoms with Crippen molar-refractivity contribution in [3.63, 3.8) is 0 Å². The van der Waals surface area contributed by atoms with Crippen molar-refractivity contribution in [1.29, 1.82) is 0 Å². The van der Waals surface area contributed by atoms with Crippen molar-refractivity contribution in [3.8, 4) is 0 Å². The van der Waals surface area contributed by atoms with Crippen molar-refractivity contribution in [2.75, 3.05) is 48.8 Å². The maximum atomic E-state index is 13.1. The van der Waals surface area contributed by atoms with Gasteiger partial charge in [0.1, 0.15) is 0 Å². The zero-order valence-electron chi connectivity index (χ0n) is 14.6. The second kappa shape index (κ2) is 6.29. The summed E-state index contributed by atoms with van der Waals surface area (Å²) in [5, 5.41) is 0. The zero-order valence-corrected chi connectivity index (χ0v) is 15.5. The van der Waals surface area contributed by atoms with E-state index in [1.165, 1.54) is 28.2 Å². The predicted octanol–water partition coefficient (Wildman–Crippen LogP) is 1.46. The summed E-state index contributed by atoms with van der Waals surface area (Å²) in [6.45, 7) is 3.57. The minimum absolute atomic E-state index is 0.0796. The molecule has 3 heterocycles. The Kier molecular flexibility index (Phi) is 4.24. The van der Waals surface area contributed by atoms with Gasteiger partial charge in [0.15, 0.2) is 0 Å². The molecule has 0 aromatic heterocycles. The Balaban J connectivity index is 1.54. The van der Waals surface area contributed by atoms with Crippen LogP contribution in [0.2, 0.25) is 0 Å². The molecule has 0 atom stereocenters. The van der Waals surface area contributed by atoms with E-state index in [0.717, 1.165) is 31.7 Å². The number of piperidine rings is 1. The van der Waals surface area contributed by atoms with Crippen LogP contribution in [0.25, 0.3) is 0 Å². The summed E-state index contributed by atoms with van der Waals surface area (Å²) >= 11 is 0. The first-order chi connectivity index (χ1) is 11.9. The van der Waals surface area contributed by atoms with Crippen LogP contribution in [-0.2, 0) is 21.2 Å². The Morgan fingerprint density at radius 3 is 2.56 bits per heavy atom. The van der Waals surface area contributed by atoms with Gasteiger partial charge in [-0.3, -0.25) is 4.79 Å². The maximum absolute atomic E-state index is 13.1. The van der Waals surface area contributed by atoms with Crippen molar-refractivity contribution < 1.29 is 13.2 Å². The van der Waals surface area contributed by atoms with Gasteiger partial charge in [0.25, 0.3) is 0 Å². The minimum Gasteiger partial charge on any atom is -0.368 e. The van der Waals surface area contributed by atoms with Crippen LogP contribution < -0.4 is 9.80 Å². The third-order valence-electron chi connectivity index (χ3n) is 5.71. The van der Waals surface area contributed by atoms with E-state index in [2.05, 4.69) is 23.1 Å². The second-order valence-corrected chi connectivity index (χ2v) is 9.28. The molecule has 7 heteroatoms. The summed E-state index contributed by atoms with van der Waals surface area (Å²) in [7, 11) is -3.16. The average molecular weight is 363 g/mol. The zero-order chi connectivity index (χ0) is 17.6. The molecule has 25 heavy (non-hydrogen) atoms. The van der Waals surface area contributed by atoms with Gasteiger partial charge < -0.3 is 9.80 Å². The van der Waals surface area contributed by atoms with Crippen LogP contribution in [0.3, 0.4) is 0 Å². The highest BCUT2D eigenvalue weighted by molar-refractivity contribution is 7.88. The molecule has 1 saturated heterocycles. The molecule has 0 saturated carbocycles. The van der Waals surface area contributed by atoms with E-state index in [-0.39, 0.29) is 11.8 Å². The molecule has 0 unspecified atom stereocenters. The summed E-state index contributed by atoms with van der Waals surface area (Å²) in [5.41, 5.74) is 3.62. The van der Waals surface area contributed by atoms with Gasteiger partial charge in [-0.2, -0.15) is 0 Å². The van der Waals surface area contributed by atoms with E-state index >= 15 is 0 Å². The van der Waals surface area contributed by atoms with Crippen LogP contribution in [0.4, 0.5) is 11.4 Å². The van der Waals surface area contributed by atoms with E-state index in [4.69, 9.17) is 0 Å². The fourth-order valence-electron chi connectivity index (χ4n) is 4.38. The molecule has 4 rings (SSSR count). The second-order valence-electron chi connectivity index (χ2n) is 7.30. The highest BCUT2D eigenvalue weighted by atomic mass is 32.2. The molecule has 1 aromatic carbocycles. The fraction of sp³-hybridized carbons (Fsp3) is 0.611. The van der Waals surface area contributed by atoms with Gasteiger partial charge in [0, 0.05) is 38.6 Å². The standard InChI is InChI=1S/C18H25N3O3S/c1-25(23,24)20-10-7-15(8-11-20)18(22)21-13-12-19-9-3-5-14-4-2-6-16(21)17(14)19/h2,4,6,15H,3,5,7-13H2,1H3. The van der Waals surface area contributed by atoms with Crippen molar-refractivity contribution in [2.24, 2.45) is 5.92 Å². The molecule has 0 bridgehead atoms. The first-order valence-corrected chi connectivity index (χ1v) is 10.9. The number of benzene rings is 1. The highest BCUT2D eigenvalue weighted by Gasteiger charge is 2.35. The monoisotopic (exact) mass is 363 g/mol. The molecular formula is C18H25N3O3S. The lowest BCUT2D eigenvalue weighted by molar-refractivity contribution is -0.123. The molecule has 0 spiro atoms. The molecule has 1 amide bonds. The number of rotatable bonds is 2. The fourth-order valence-corrected chi connectivity index (χ4v) is 5.26. The number of hydrogen-bond acceptors (Lipinski definition) is 4. The Morgan fingerprint density at radius 1 is 1.08 bits per heavy atom. The quantitative estimate of drug-likeness (QED) is 0.798. The van der Waals surface area contributed by atoms with Gasteiger partial charge >= 0.3 is 0 Å². The topological polar surface area (TPSA) is 60.9 Å². The molecule has 1 aromatic rings. The summed E-state index contributed by atoms with van der Waals surface area (Å²) in [4.78, 5) is 17.5. The molecule has 3 aliphatic heterocycles. The summed E-state index contributed by atoms with van der Waals surface area (Å²) in [6, 6.07) is 6.28. The summed E-state index contributed by atoms with van der Waals surface area (Å²) < 4.78 is 24.8. The predicted molar refractivity (Wildman–Crippen MR) is 98.5 cm³/mol. The van der Waals surface area contributed by atoms with Crippen molar-refractivity contribution in [2.45, 2.75) is 25.7 Å². The lowest BCUT2D eigenvalue weighted by atomic mass is 9.94. The van der Waals surface area contributed by atoms with Crippen LogP contribution in [0.1, 0.15) is 24.8 Å². The molecule has 136 valence electrons. The Hall–Kier alpha value is -1.60. The molecule has 1 fully saturated rings. The Labute approximate surface area is 149 Å². The normalized spacial score (nSPS) is 22.0. The number of hydrogen-bond donors (Lipinski definition) is 0. The van der Waals surface area contributed by atoms with Gasteiger partial charge in [0.05, 0.1) is 17.6 Å². The molecule has 3 aliphatic rings. The molecule has 0 radical (unpaired) electrons. The van der Waals surface area contributed by atoms with E-state index in [9.17, 15) is 13.2 Å². The van der Waals surface area contributed by atoms with Crippen molar-refractivity contribution >= 4 is 27.3 Å². The molecule has 0 aliphatic carbocycles. The lowest BCUT2D eigenvalue weighted by Crippen LogP contribution is -2.49. The number of amides is 1. The number of aryl methyl sites for hydroxylation is 1. The summed E-state index contributed by atoms with van der Waals surface area (Å²) in [6.07, 6.45) is 4.72. The van der Waals surface area contributed by atoms with Crippen LogP contribution in [0.5, 0.6) is 0 Å². The number of anilines is 2. The number of carbonyl (C=O) groups excluding carboxylic acids is 1. The number of para-hydroxylation sites is 1. The van der Waals surface area contributed by atoms with Crippen LogP contribution in [0, 0.1) is 5.92 Å². The Bertz CT molecular complexity index is 785. The third kappa shape index (κ3) is 3.04. The SMILES string of the molecule is CS(=O)(=O)N1CCC(C(=O)N2CCN3CCCc4cccc2c43)CC1. The van der Waals surface area contributed by atoms with Gasteiger partial charge in [-0.1, -0.05) is 12.1 Å². The van der Waals surface area contributed by atoms with Crippen LogP contribution in [-0.4, -0.2) is 57.6 Å².